The first-order chi connectivity index (χ1) is 9.40. The quantitative estimate of drug-likeness (QED) is 0.904. The molecule has 0 bridgehead atoms. The molecule has 2 rings (SSSR count). The lowest BCUT2D eigenvalue weighted by atomic mass is 10.3. The van der Waals surface area contributed by atoms with E-state index in [1.54, 1.807) is 18.3 Å². The van der Waals surface area contributed by atoms with Crippen LogP contribution in [-0.4, -0.2) is 31.8 Å². The molecule has 20 heavy (non-hydrogen) atoms. The van der Waals surface area contributed by atoms with Gasteiger partial charge >= 0.3 is 0 Å². The molecule has 1 heterocycles. The van der Waals surface area contributed by atoms with Gasteiger partial charge in [-0.25, -0.2) is 13.4 Å². The van der Waals surface area contributed by atoms with Crippen molar-refractivity contribution in [3.8, 4) is 5.88 Å². The molecule has 1 aromatic carbocycles. The van der Waals surface area contributed by atoms with Crippen LogP contribution in [0.4, 0.5) is 11.6 Å². The van der Waals surface area contributed by atoms with Gasteiger partial charge in [0, 0.05) is 11.9 Å². The molecule has 0 fully saturated rings. The second-order valence-electron chi connectivity index (χ2n) is 3.97. The predicted octanol–water partition coefficient (Wildman–Crippen LogP) is 2.39. The predicted molar refractivity (Wildman–Crippen MR) is 79.1 cm³/mol. The van der Waals surface area contributed by atoms with Crippen molar-refractivity contribution in [3.05, 3.63) is 34.9 Å². The van der Waals surface area contributed by atoms with E-state index < -0.39 is 9.84 Å². The number of nitrogens with one attached hydrogen (secondary N) is 1. The molecule has 2 aromatic rings. The van der Waals surface area contributed by atoms with Gasteiger partial charge in [0.05, 0.1) is 22.7 Å². The number of hydrogen-bond donors (Lipinski definition) is 1. The fourth-order valence-electron chi connectivity index (χ4n) is 1.47. The average Bonchev–Trinajstić information content (AvgIpc) is 2.40. The summed E-state index contributed by atoms with van der Waals surface area (Å²) in [4.78, 5) is 8.50. The Labute approximate surface area is 125 Å². The monoisotopic (exact) mass is 357 g/mol. The number of methoxy groups -OCH3 is 1. The highest BCUT2D eigenvalue weighted by molar-refractivity contribution is 9.10. The van der Waals surface area contributed by atoms with E-state index in [0.717, 1.165) is 6.26 Å². The number of aromatic nitrogens is 2. The first kappa shape index (κ1) is 14.7. The number of anilines is 2. The highest BCUT2D eigenvalue weighted by atomic mass is 79.9. The van der Waals surface area contributed by atoms with Crippen LogP contribution in [0.2, 0.25) is 0 Å². The maximum Gasteiger partial charge on any atom is 0.232 e. The van der Waals surface area contributed by atoms with Gasteiger partial charge in [0.1, 0.15) is 0 Å². The molecule has 106 valence electrons. The minimum absolute atomic E-state index is 0.261. The van der Waals surface area contributed by atoms with Crippen molar-refractivity contribution in [1.29, 1.82) is 0 Å². The number of sulfone groups is 1. The van der Waals surface area contributed by atoms with E-state index >= 15 is 0 Å². The number of benzene rings is 1. The summed E-state index contributed by atoms with van der Waals surface area (Å²) in [5, 5.41) is 2.97. The van der Waals surface area contributed by atoms with Gasteiger partial charge in [-0.2, -0.15) is 4.98 Å². The molecule has 0 aliphatic heterocycles. The minimum atomic E-state index is -3.19. The Bertz CT molecular complexity index is 717. The molecular weight excluding hydrogens is 346 g/mol. The van der Waals surface area contributed by atoms with Gasteiger partial charge in [0.15, 0.2) is 9.84 Å². The third kappa shape index (κ3) is 3.45. The SMILES string of the molecule is COc1nc(Nc2ccc(S(C)(=O)=O)cc2)ncc1Br. The molecule has 0 amide bonds. The molecule has 0 saturated heterocycles. The van der Waals surface area contributed by atoms with Crippen LogP contribution in [0.1, 0.15) is 0 Å². The van der Waals surface area contributed by atoms with Crippen molar-refractivity contribution in [3.63, 3.8) is 0 Å². The first-order valence-electron chi connectivity index (χ1n) is 5.54. The fourth-order valence-corrected chi connectivity index (χ4v) is 2.45. The second kappa shape index (κ2) is 5.76. The van der Waals surface area contributed by atoms with Crippen LogP contribution in [0.15, 0.2) is 39.8 Å². The third-order valence-electron chi connectivity index (χ3n) is 2.44. The summed E-state index contributed by atoms with van der Waals surface area (Å²) in [7, 11) is -1.68. The van der Waals surface area contributed by atoms with Crippen molar-refractivity contribution in [2.24, 2.45) is 0 Å². The van der Waals surface area contributed by atoms with Crippen molar-refractivity contribution in [2.75, 3.05) is 18.7 Å². The molecule has 0 aliphatic carbocycles. The fraction of sp³-hybridized carbons (Fsp3) is 0.167. The van der Waals surface area contributed by atoms with Gasteiger partial charge in [-0.05, 0) is 40.2 Å². The summed E-state index contributed by atoms with van der Waals surface area (Å²) in [5.41, 5.74) is 0.682. The summed E-state index contributed by atoms with van der Waals surface area (Å²) in [5.74, 6) is 0.771. The van der Waals surface area contributed by atoms with Crippen LogP contribution in [0.25, 0.3) is 0 Å². The minimum Gasteiger partial charge on any atom is -0.480 e. The molecule has 8 heteroatoms. The topological polar surface area (TPSA) is 81.2 Å². The number of nitrogens with zero attached hydrogens (tertiary/aromatic N) is 2. The van der Waals surface area contributed by atoms with E-state index in [1.165, 1.54) is 19.2 Å². The maximum absolute atomic E-state index is 11.4. The average molecular weight is 358 g/mol. The highest BCUT2D eigenvalue weighted by Gasteiger charge is 2.08. The zero-order chi connectivity index (χ0) is 14.8. The van der Waals surface area contributed by atoms with Gasteiger partial charge in [-0.15, -0.1) is 0 Å². The number of ether oxygens (including phenoxy) is 1. The van der Waals surface area contributed by atoms with Gasteiger partial charge in [-0.1, -0.05) is 0 Å². The van der Waals surface area contributed by atoms with E-state index in [1.807, 2.05) is 0 Å². The van der Waals surface area contributed by atoms with E-state index in [-0.39, 0.29) is 4.90 Å². The van der Waals surface area contributed by atoms with Gasteiger partial charge in [-0.3, -0.25) is 0 Å². The molecule has 0 aliphatic rings. The Morgan fingerprint density at radius 1 is 1.25 bits per heavy atom. The molecule has 0 spiro atoms. The Morgan fingerprint density at radius 2 is 1.90 bits per heavy atom. The summed E-state index contributed by atoms with van der Waals surface area (Å²) >= 11 is 3.26. The molecule has 1 N–H and O–H groups in total. The van der Waals surface area contributed by atoms with Gasteiger partial charge < -0.3 is 10.1 Å². The molecular formula is C12H12BrN3O3S. The normalized spacial score (nSPS) is 11.2. The first-order valence-corrected chi connectivity index (χ1v) is 8.22. The smallest absolute Gasteiger partial charge is 0.232 e. The summed E-state index contributed by atoms with van der Waals surface area (Å²) in [6.07, 6.45) is 2.73. The Hall–Kier alpha value is -1.67. The van der Waals surface area contributed by atoms with E-state index in [9.17, 15) is 8.42 Å². The van der Waals surface area contributed by atoms with Crippen LogP contribution in [0.3, 0.4) is 0 Å². The lowest BCUT2D eigenvalue weighted by Crippen LogP contribution is -2.00. The lowest BCUT2D eigenvalue weighted by Gasteiger charge is -2.07. The molecule has 0 radical (unpaired) electrons. The molecule has 0 saturated carbocycles. The Balaban J connectivity index is 2.22. The number of rotatable bonds is 4. The second-order valence-corrected chi connectivity index (χ2v) is 6.84. The molecule has 0 unspecified atom stereocenters. The van der Waals surface area contributed by atoms with Gasteiger partial charge in [0.25, 0.3) is 0 Å². The van der Waals surface area contributed by atoms with Crippen molar-refractivity contribution < 1.29 is 13.2 Å². The Kier molecular flexibility index (Phi) is 4.24. The highest BCUT2D eigenvalue weighted by Crippen LogP contribution is 2.23. The standard InChI is InChI=1S/C12H12BrN3O3S/c1-19-11-10(13)7-14-12(16-11)15-8-3-5-9(6-4-8)20(2,17)18/h3-7H,1-2H3,(H,14,15,16). The third-order valence-corrected chi connectivity index (χ3v) is 4.12. The van der Waals surface area contributed by atoms with Gasteiger partial charge in [0.2, 0.25) is 11.8 Å². The zero-order valence-electron chi connectivity index (χ0n) is 10.8. The lowest BCUT2D eigenvalue weighted by molar-refractivity contribution is 0.394. The van der Waals surface area contributed by atoms with Crippen molar-refractivity contribution in [1.82, 2.24) is 9.97 Å². The van der Waals surface area contributed by atoms with Crippen LogP contribution in [0, 0.1) is 0 Å². The number of hydrogen-bond acceptors (Lipinski definition) is 6. The Morgan fingerprint density at radius 3 is 2.45 bits per heavy atom. The molecule has 6 nitrogen and oxygen atoms in total. The largest absolute Gasteiger partial charge is 0.480 e. The molecule has 1 aromatic heterocycles. The van der Waals surface area contributed by atoms with E-state index in [4.69, 9.17) is 4.74 Å². The zero-order valence-corrected chi connectivity index (χ0v) is 13.2. The van der Waals surface area contributed by atoms with Crippen LogP contribution in [0.5, 0.6) is 5.88 Å². The summed E-state index contributed by atoms with van der Waals surface area (Å²) < 4.78 is 28.4. The summed E-state index contributed by atoms with van der Waals surface area (Å²) in [6.45, 7) is 0. The van der Waals surface area contributed by atoms with Crippen molar-refractivity contribution in [2.45, 2.75) is 4.90 Å². The van der Waals surface area contributed by atoms with Crippen LogP contribution >= 0.6 is 15.9 Å². The summed E-state index contributed by atoms with van der Waals surface area (Å²) in [6, 6.07) is 6.34. The van der Waals surface area contributed by atoms with E-state index in [0.29, 0.717) is 22.0 Å². The van der Waals surface area contributed by atoms with Crippen LogP contribution < -0.4 is 10.1 Å². The molecule has 0 atom stereocenters. The number of halogens is 1. The van der Waals surface area contributed by atoms with Crippen LogP contribution in [-0.2, 0) is 9.84 Å². The van der Waals surface area contributed by atoms with E-state index in [2.05, 4.69) is 31.2 Å². The maximum atomic E-state index is 11.4. The van der Waals surface area contributed by atoms with Crippen molar-refractivity contribution >= 4 is 37.4 Å².